The fourth-order valence-corrected chi connectivity index (χ4v) is 3.85. The van der Waals surface area contributed by atoms with Crippen LogP contribution in [0.25, 0.3) is 0 Å². The summed E-state index contributed by atoms with van der Waals surface area (Å²) < 4.78 is 0. The molecule has 2 aliphatic carbocycles. The van der Waals surface area contributed by atoms with Crippen LogP contribution in [0.1, 0.15) is 44.9 Å². The minimum Gasteiger partial charge on any atom is -0.481 e. The second-order valence-electron chi connectivity index (χ2n) is 6.07. The smallest absolute Gasteiger partial charge is 0.307 e. The average molecular weight is 251 g/mol. The van der Waals surface area contributed by atoms with Crippen molar-refractivity contribution in [1.82, 2.24) is 4.90 Å². The van der Waals surface area contributed by atoms with Crippen LogP contribution in [0.4, 0.5) is 0 Å². The van der Waals surface area contributed by atoms with Crippen molar-refractivity contribution < 1.29 is 14.7 Å². The molecule has 0 aromatic carbocycles. The van der Waals surface area contributed by atoms with Gasteiger partial charge in [-0.1, -0.05) is 12.8 Å². The first-order valence-electron chi connectivity index (χ1n) is 7.22. The Hall–Kier alpha value is -1.06. The maximum Gasteiger partial charge on any atom is 0.307 e. The molecule has 4 unspecified atom stereocenters. The van der Waals surface area contributed by atoms with Crippen LogP contribution in [-0.4, -0.2) is 34.5 Å². The average Bonchev–Trinajstić information content (AvgIpc) is 3.17. The van der Waals surface area contributed by atoms with Crippen LogP contribution >= 0.6 is 0 Å². The third-order valence-corrected chi connectivity index (χ3v) is 4.95. The molecule has 3 aliphatic rings. The van der Waals surface area contributed by atoms with Gasteiger partial charge in [0.25, 0.3) is 0 Å². The van der Waals surface area contributed by atoms with Crippen molar-refractivity contribution in [2.75, 3.05) is 6.54 Å². The van der Waals surface area contributed by atoms with E-state index in [0.29, 0.717) is 18.4 Å². The number of likely N-dealkylation sites (tertiary alicyclic amines) is 1. The van der Waals surface area contributed by atoms with Crippen molar-refractivity contribution in [3.8, 4) is 0 Å². The minimum absolute atomic E-state index is 0.124. The van der Waals surface area contributed by atoms with Crippen LogP contribution in [0.5, 0.6) is 0 Å². The largest absolute Gasteiger partial charge is 0.481 e. The van der Waals surface area contributed by atoms with E-state index in [1.165, 1.54) is 25.7 Å². The lowest BCUT2D eigenvalue weighted by molar-refractivity contribution is -0.144. The Morgan fingerprint density at radius 3 is 2.44 bits per heavy atom. The molecule has 1 saturated heterocycles. The van der Waals surface area contributed by atoms with Gasteiger partial charge in [-0.3, -0.25) is 9.59 Å². The third kappa shape index (κ3) is 2.02. The molecule has 0 aromatic heterocycles. The number of hydrogen-bond acceptors (Lipinski definition) is 2. The van der Waals surface area contributed by atoms with Crippen LogP contribution < -0.4 is 0 Å². The second kappa shape index (κ2) is 4.56. The predicted molar refractivity (Wildman–Crippen MR) is 65.9 cm³/mol. The highest BCUT2D eigenvalue weighted by Crippen LogP contribution is 2.43. The maximum atomic E-state index is 12.4. The van der Waals surface area contributed by atoms with Gasteiger partial charge in [0.05, 0.1) is 11.8 Å². The number of aliphatic carboxylic acids is 1. The molecule has 1 amide bonds. The number of amides is 1. The molecule has 4 heteroatoms. The lowest BCUT2D eigenvalue weighted by Gasteiger charge is -2.44. The normalized spacial score (nSPS) is 39.0. The molecule has 1 aliphatic heterocycles. The van der Waals surface area contributed by atoms with Gasteiger partial charge in [-0.25, -0.2) is 0 Å². The van der Waals surface area contributed by atoms with Gasteiger partial charge in [-0.2, -0.15) is 0 Å². The molecule has 0 spiro atoms. The fraction of sp³-hybridized carbons (Fsp3) is 0.857. The number of rotatable bonds is 2. The molecule has 0 aromatic rings. The zero-order valence-corrected chi connectivity index (χ0v) is 10.7. The first kappa shape index (κ1) is 12.0. The number of piperidine rings is 1. The topological polar surface area (TPSA) is 57.6 Å². The number of nitrogens with zero attached hydrogens (tertiary/aromatic N) is 1. The van der Waals surface area contributed by atoms with E-state index >= 15 is 0 Å². The zero-order valence-electron chi connectivity index (χ0n) is 10.7. The number of carboxylic acids is 1. The van der Waals surface area contributed by atoms with E-state index in [4.69, 9.17) is 5.11 Å². The van der Waals surface area contributed by atoms with E-state index in [-0.39, 0.29) is 11.8 Å². The van der Waals surface area contributed by atoms with Crippen LogP contribution in [0.3, 0.4) is 0 Å². The summed E-state index contributed by atoms with van der Waals surface area (Å²) in [7, 11) is 0. The van der Waals surface area contributed by atoms with E-state index in [1.807, 2.05) is 4.90 Å². The zero-order chi connectivity index (χ0) is 12.7. The van der Waals surface area contributed by atoms with Gasteiger partial charge in [0.1, 0.15) is 0 Å². The van der Waals surface area contributed by atoms with E-state index in [9.17, 15) is 9.59 Å². The van der Waals surface area contributed by atoms with Gasteiger partial charge in [0.15, 0.2) is 0 Å². The Balaban J connectivity index is 1.67. The molecular formula is C14H21NO3. The summed E-state index contributed by atoms with van der Waals surface area (Å²) in [6.07, 6.45) is 7.80. The highest BCUT2D eigenvalue weighted by Gasteiger charge is 2.51. The fourth-order valence-electron chi connectivity index (χ4n) is 3.85. The molecule has 4 atom stereocenters. The predicted octanol–water partition coefficient (Wildman–Crippen LogP) is 1.89. The van der Waals surface area contributed by atoms with Crippen molar-refractivity contribution in [3.05, 3.63) is 0 Å². The maximum absolute atomic E-state index is 12.4. The Kier molecular flexibility index (Phi) is 3.04. The molecule has 0 radical (unpaired) electrons. The number of carboxylic acid groups (broad SMARTS) is 1. The molecule has 1 N–H and O–H groups in total. The summed E-state index contributed by atoms with van der Waals surface area (Å²) in [5, 5.41) is 8.93. The highest BCUT2D eigenvalue weighted by molar-refractivity contribution is 5.89. The van der Waals surface area contributed by atoms with Crippen LogP contribution in [-0.2, 0) is 9.59 Å². The Morgan fingerprint density at radius 1 is 1.00 bits per heavy atom. The lowest BCUT2D eigenvalue weighted by atomic mass is 9.78. The molecule has 18 heavy (non-hydrogen) atoms. The molecular weight excluding hydrogens is 230 g/mol. The minimum atomic E-state index is -0.800. The molecule has 0 bridgehead atoms. The summed E-state index contributed by atoms with van der Waals surface area (Å²) in [5.41, 5.74) is 0. The number of carbonyl (C=O) groups is 2. The molecule has 2 saturated carbocycles. The van der Waals surface area contributed by atoms with E-state index in [1.54, 1.807) is 0 Å². The van der Waals surface area contributed by atoms with Crippen molar-refractivity contribution >= 4 is 11.9 Å². The van der Waals surface area contributed by atoms with E-state index in [0.717, 1.165) is 19.4 Å². The first-order valence-corrected chi connectivity index (χ1v) is 7.22. The van der Waals surface area contributed by atoms with Gasteiger partial charge < -0.3 is 10.0 Å². The van der Waals surface area contributed by atoms with Crippen molar-refractivity contribution in [2.24, 2.45) is 17.8 Å². The monoisotopic (exact) mass is 251 g/mol. The van der Waals surface area contributed by atoms with Gasteiger partial charge in [0, 0.05) is 12.6 Å². The van der Waals surface area contributed by atoms with Gasteiger partial charge in [0.2, 0.25) is 5.91 Å². The Labute approximate surface area is 107 Å². The molecule has 3 fully saturated rings. The molecule has 1 heterocycles. The van der Waals surface area contributed by atoms with Crippen molar-refractivity contribution in [3.63, 3.8) is 0 Å². The number of carbonyl (C=O) groups excluding carboxylic acids is 1. The number of fused-ring (bicyclic) bond motifs is 1. The molecule has 4 nitrogen and oxygen atoms in total. The van der Waals surface area contributed by atoms with E-state index in [2.05, 4.69) is 0 Å². The van der Waals surface area contributed by atoms with E-state index < -0.39 is 11.9 Å². The van der Waals surface area contributed by atoms with Crippen molar-refractivity contribution in [1.29, 1.82) is 0 Å². The standard InChI is InChI=1S/C14H21NO3/c16-13(10-8-11(10)14(17)18)15-7-3-5-9-4-1-2-6-12(9)15/h9-12H,1-8H2,(H,17,18). The van der Waals surface area contributed by atoms with Crippen LogP contribution in [0, 0.1) is 17.8 Å². The highest BCUT2D eigenvalue weighted by atomic mass is 16.4. The van der Waals surface area contributed by atoms with Crippen molar-refractivity contribution in [2.45, 2.75) is 51.0 Å². The summed E-state index contributed by atoms with van der Waals surface area (Å²) in [4.78, 5) is 25.3. The summed E-state index contributed by atoms with van der Waals surface area (Å²) >= 11 is 0. The summed E-state index contributed by atoms with van der Waals surface area (Å²) in [6, 6.07) is 0.412. The second-order valence-corrected chi connectivity index (χ2v) is 6.07. The summed E-state index contributed by atoms with van der Waals surface area (Å²) in [6.45, 7) is 0.850. The van der Waals surface area contributed by atoms with Gasteiger partial charge >= 0.3 is 5.97 Å². The Bertz CT molecular complexity index is 366. The van der Waals surface area contributed by atoms with Gasteiger partial charge in [-0.05, 0) is 38.0 Å². The molecule has 3 rings (SSSR count). The van der Waals surface area contributed by atoms with Crippen LogP contribution in [0.15, 0.2) is 0 Å². The SMILES string of the molecule is O=C(O)C1CC1C(=O)N1CCCC2CCCCC21. The third-order valence-electron chi connectivity index (χ3n) is 4.95. The summed E-state index contributed by atoms with van der Waals surface area (Å²) in [5.74, 6) is -0.618. The Morgan fingerprint density at radius 2 is 1.72 bits per heavy atom. The quantitative estimate of drug-likeness (QED) is 0.815. The van der Waals surface area contributed by atoms with Crippen LogP contribution in [0.2, 0.25) is 0 Å². The lowest BCUT2D eigenvalue weighted by Crippen LogP contribution is -2.50. The first-order chi connectivity index (χ1) is 8.68. The van der Waals surface area contributed by atoms with Gasteiger partial charge in [-0.15, -0.1) is 0 Å². The molecule has 100 valence electrons. The number of hydrogen-bond donors (Lipinski definition) is 1.